The first-order valence-corrected chi connectivity index (χ1v) is 11.4. The third-order valence-electron chi connectivity index (χ3n) is 6.97. The van der Waals surface area contributed by atoms with Gasteiger partial charge in [0.2, 0.25) is 0 Å². The van der Waals surface area contributed by atoms with Gasteiger partial charge in [-0.25, -0.2) is 0 Å². The van der Waals surface area contributed by atoms with Gasteiger partial charge >= 0.3 is 0 Å². The first-order valence-electron chi connectivity index (χ1n) is 11.4. The summed E-state index contributed by atoms with van der Waals surface area (Å²) in [6.07, 6.45) is 9.66. The van der Waals surface area contributed by atoms with Gasteiger partial charge in [0, 0.05) is 6.04 Å². The van der Waals surface area contributed by atoms with Gasteiger partial charge in [0.1, 0.15) is 0 Å². The molecule has 0 aromatic heterocycles. The fourth-order valence-corrected chi connectivity index (χ4v) is 5.64. The minimum absolute atomic E-state index is 0.0610. The number of carbonyl (C=O) groups is 2. The van der Waals surface area contributed by atoms with E-state index in [4.69, 9.17) is 0 Å². The predicted octanol–water partition coefficient (Wildman–Crippen LogP) is 6.26. The molecule has 3 heteroatoms. The Labute approximate surface area is 172 Å². The Hall–Kier alpha value is -2.42. The van der Waals surface area contributed by atoms with Crippen molar-refractivity contribution in [3.63, 3.8) is 0 Å². The quantitative estimate of drug-likeness (QED) is 0.484. The first kappa shape index (κ1) is 18.6. The van der Waals surface area contributed by atoms with Gasteiger partial charge in [0.05, 0.1) is 11.1 Å². The van der Waals surface area contributed by atoms with Crippen molar-refractivity contribution >= 4 is 33.4 Å². The predicted molar refractivity (Wildman–Crippen MR) is 118 cm³/mol. The number of amides is 2. The third-order valence-corrected chi connectivity index (χ3v) is 6.97. The zero-order valence-corrected chi connectivity index (χ0v) is 17.5. The second kappa shape index (κ2) is 7.12. The summed E-state index contributed by atoms with van der Waals surface area (Å²) in [5.74, 6) is -0.122. The molecule has 0 radical (unpaired) electrons. The molecular formula is C26H29NO2. The van der Waals surface area contributed by atoms with Gasteiger partial charge < -0.3 is 0 Å². The highest BCUT2D eigenvalue weighted by atomic mass is 16.2. The number of rotatable bonds is 5. The molecule has 1 aliphatic heterocycles. The summed E-state index contributed by atoms with van der Waals surface area (Å²) in [7, 11) is 0. The number of benzene rings is 4. The van der Waals surface area contributed by atoms with Crippen molar-refractivity contribution in [1.82, 2.24) is 4.90 Å². The summed E-state index contributed by atoms with van der Waals surface area (Å²) in [4.78, 5) is 28.4. The van der Waals surface area contributed by atoms with E-state index in [-0.39, 0.29) is 17.9 Å². The molecule has 2 aliphatic rings. The van der Waals surface area contributed by atoms with E-state index in [9.17, 15) is 9.59 Å². The zero-order valence-electron chi connectivity index (χ0n) is 17.5. The molecule has 4 aromatic rings. The molecule has 0 spiro atoms. The molecule has 2 amide bonds. The number of hydrogen-bond donors (Lipinski definition) is 0. The minimum atomic E-state index is -0.0610. The lowest BCUT2D eigenvalue weighted by Gasteiger charge is -2.29. The molecule has 0 unspecified atom stereocenters. The van der Waals surface area contributed by atoms with Gasteiger partial charge in [-0.3, -0.25) is 14.5 Å². The monoisotopic (exact) mass is 387 g/mol. The second-order valence-electron chi connectivity index (χ2n) is 8.85. The average molecular weight is 388 g/mol. The summed E-state index contributed by atoms with van der Waals surface area (Å²) < 4.78 is 0. The van der Waals surface area contributed by atoms with E-state index in [2.05, 4.69) is 38.1 Å². The van der Waals surface area contributed by atoms with Crippen LogP contribution in [0, 0.1) is 0 Å². The maximum absolute atomic E-state index is 13.4. The van der Waals surface area contributed by atoms with Crippen molar-refractivity contribution < 1.29 is 9.59 Å². The maximum Gasteiger partial charge on any atom is 0.262 e. The van der Waals surface area contributed by atoms with Gasteiger partial charge in [-0.15, -0.1) is 0 Å². The van der Waals surface area contributed by atoms with Gasteiger partial charge in [-0.05, 0) is 58.4 Å². The Morgan fingerprint density at radius 2 is 1.24 bits per heavy atom. The van der Waals surface area contributed by atoms with Gasteiger partial charge in [0.15, 0.2) is 0 Å². The Kier molecular flexibility index (Phi) is 4.57. The molecule has 1 heterocycles. The van der Waals surface area contributed by atoms with Crippen LogP contribution in [0.4, 0.5) is 0 Å². The summed E-state index contributed by atoms with van der Waals surface area (Å²) in [5.41, 5.74) is 4.11. The summed E-state index contributed by atoms with van der Waals surface area (Å²) in [6.45, 7) is 4.43. The average Bonchev–Trinajstić information content (AvgIpc) is 3.02. The van der Waals surface area contributed by atoms with Crippen molar-refractivity contribution in [3.8, 4) is 0 Å². The van der Waals surface area contributed by atoms with Crippen LogP contribution in [0.15, 0.2) is 24.3 Å². The fourth-order valence-electron chi connectivity index (χ4n) is 5.64. The first-order chi connectivity index (χ1) is 14.2. The van der Waals surface area contributed by atoms with Gasteiger partial charge in [-0.2, -0.15) is 0 Å². The summed E-state index contributed by atoms with van der Waals surface area (Å²) in [5, 5.41) is 4.22. The highest BCUT2D eigenvalue weighted by molar-refractivity contribution is 6.34. The lowest BCUT2D eigenvalue weighted by atomic mass is 9.86. The smallest absolute Gasteiger partial charge is 0.262 e. The normalized spacial score (nSPS) is 17.8. The topological polar surface area (TPSA) is 37.4 Å². The van der Waals surface area contributed by atoms with E-state index < -0.39 is 0 Å². The van der Waals surface area contributed by atoms with Crippen molar-refractivity contribution in [2.24, 2.45) is 0 Å². The number of carbonyl (C=O) groups excluding carboxylic acids is 2. The minimum Gasteiger partial charge on any atom is -0.271 e. The standard InChI is InChI=1S/C26H29NO2/c1-3-8-16-14-21-19-12-13-20(22(21)15-17(16)9-4-2)24-23(19)25(28)27(26(24)29)18-10-6-5-7-11-18/h12-15,18H,3-11H2,1-2H3. The molecule has 1 fully saturated rings. The van der Waals surface area contributed by atoms with E-state index in [1.165, 1.54) is 17.5 Å². The van der Waals surface area contributed by atoms with E-state index in [0.29, 0.717) is 11.1 Å². The Morgan fingerprint density at radius 3 is 1.69 bits per heavy atom. The van der Waals surface area contributed by atoms with Crippen LogP contribution in [-0.2, 0) is 12.8 Å². The van der Waals surface area contributed by atoms with E-state index in [0.717, 1.165) is 72.9 Å². The van der Waals surface area contributed by atoms with Crippen LogP contribution in [0.3, 0.4) is 0 Å². The molecule has 3 nitrogen and oxygen atoms in total. The van der Waals surface area contributed by atoms with Crippen LogP contribution >= 0.6 is 0 Å². The summed E-state index contributed by atoms with van der Waals surface area (Å²) in [6, 6.07) is 8.79. The van der Waals surface area contributed by atoms with Crippen LogP contribution in [-0.4, -0.2) is 22.8 Å². The van der Waals surface area contributed by atoms with Crippen LogP contribution < -0.4 is 0 Å². The zero-order chi connectivity index (χ0) is 20.1. The largest absolute Gasteiger partial charge is 0.271 e. The molecule has 6 rings (SSSR count). The molecule has 29 heavy (non-hydrogen) atoms. The molecule has 0 N–H and O–H groups in total. The summed E-state index contributed by atoms with van der Waals surface area (Å²) >= 11 is 0. The number of imide groups is 1. The number of fused-ring (bicyclic) bond motifs is 1. The molecule has 2 bridgehead atoms. The third kappa shape index (κ3) is 2.70. The SMILES string of the molecule is CCCc1cc2c3ccc(c4c3C(=O)N(C3CCCCC3)C4=O)c2cc1CCC. The highest BCUT2D eigenvalue weighted by Gasteiger charge is 2.43. The molecule has 1 saturated carbocycles. The van der Waals surface area contributed by atoms with Crippen LogP contribution in [0.1, 0.15) is 90.6 Å². The molecule has 0 atom stereocenters. The lowest BCUT2D eigenvalue weighted by molar-refractivity contribution is 0.0550. The van der Waals surface area contributed by atoms with Crippen molar-refractivity contribution in [1.29, 1.82) is 0 Å². The maximum atomic E-state index is 13.4. The lowest BCUT2D eigenvalue weighted by Crippen LogP contribution is -2.40. The molecule has 1 aliphatic carbocycles. The Balaban J connectivity index is 1.71. The number of aryl methyl sites for hydroxylation is 2. The number of nitrogens with zero attached hydrogens (tertiary/aromatic N) is 1. The van der Waals surface area contributed by atoms with Crippen molar-refractivity contribution in [2.45, 2.75) is 77.7 Å². The Bertz CT molecular complexity index is 1030. The number of hydrogen-bond acceptors (Lipinski definition) is 2. The van der Waals surface area contributed by atoms with Crippen LogP contribution in [0.5, 0.6) is 0 Å². The van der Waals surface area contributed by atoms with Crippen LogP contribution in [0.2, 0.25) is 0 Å². The Morgan fingerprint density at radius 1 is 0.759 bits per heavy atom. The molecule has 150 valence electrons. The van der Waals surface area contributed by atoms with E-state index in [1.54, 1.807) is 4.90 Å². The van der Waals surface area contributed by atoms with Crippen LogP contribution in [0.25, 0.3) is 21.5 Å². The molecule has 0 saturated heterocycles. The van der Waals surface area contributed by atoms with Gasteiger partial charge in [0.25, 0.3) is 11.8 Å². The second-order valence-corrected chi connectivity index (χ2v) is 8.85. The molecular weight excluding hydrogens is 358 g/mol. The van der Waals surface area contributed by atoms with E-state index >= 15 is 0 Å². The van der Waals surface area contributed by atoms with Crippen molar-refractivity contribution in [3.05, 3.63) is 46.5 Å². The van der Waals surface area contributed by atoms with Crippen molar-refractivity contribution in [2.75, 3.05) is 0 Å². The van der Waals surface area contributed by atoms with E-state index in [1.807, 2.05) is 0 Å². The molecule has 4 aromatic carbocycles. The highest BCUT2D eigenvalue weighted by Crippen LogP contribution is 2.42. The fraction of sp³-hybridized carbons (Fsp3) is 0.462. The van der Waals surface area contributed by atoms with Gasteiger partial charge in [-0.1, -0.05) is 70.2 Å².